The standard InChI is InChI=1S/C18H22FN3/c1-13-3-4-15(8-18(13)19)7-16-5-6-22(11-16)12-17-9-20-14(2)21-10-17/h3-4,8-10,16H,5-7,11-12H2,1-2H3. The SMILES string of the molecule is Cc1ncc(CN2CCC(Cc3ccc(C)c(F)c3)C2)cn1. The Balaban J connectivity index is 1.55. The summed E-state index contributed by atoms with van der Waals surface area (Å²) in [6, 6.07) is 5.61. The van der Waals surface area contributed by atoms with Crippen LogP contribution in [-0.2, 0) is 13.0 Å². The van der Waals surface area contributed by atoms with Crippen LogP contribution in [0.15, 0.2) is 30.6 Å². The Kier molecular flexibility index (Phi) is 4.48. The van der Waals surface area contributed by atoms with Gasteiger partial charge in [-0.3, -0.25) is 4.90 Å². The van der Waals surface area contributed by atoms with Crippen molar-refractivity contribution in [1.29, 1.82) is 0 Å². The van der Waals surface area contributed by atoms with E-state index in [9.17, 15) is 4.39 Å². The second-order valence-electron chi connectivity index (χ2n) is 6.32. The fourth-order valence-electron chi connectivity index (χ4n) is 3.08. The molecule has 4 heteroatoms. The zero-order valence-electron chi connectivity index (χ0n) is 13.2. The number of halogens is 1. The quantitative estimate of drug-likeness (QED) is 0.867. The zero-order chi connectivity index (χ0) is 15.5. The van der Waals surface area contributed by atoms with Gasteiger partial charge in [-0.25, -0.2) is 14.4 Å². The third-order valence-electron chi connectivity index (χ3n) is 4.37. The molecule has 1 saturated heterocycles. The van der Waals surface area contributed by atoms with Crippen LogP contribution < -0.4 is 0 Å². The van der Waals surface area contributed by atoms with Crippen molar-refractivity contribution in [1.82, 2.24) is 14.9 Å². The highest BCUT2D eigenvalue weighted by Crippen LogP contribution is 2.23. The summed E-state index contributed by atoms with van der Waals surface area (Å²) in [7, 11) is 0. The highest BCUT2D eigenvalue weighted by Gasteiger charge is 2.23. The van der Waals surface area contributed by atoms with Crippen molar-refractivity contribution in [3.8, 4) is 0 Å². The number of hydrogen-bond acceptors (Lipinski definition) is 3. The summed E-state index contributed by atoms with van der Waals surface area (Å²) >= 11 is 0. The van der Waals surface area contributed by atoms with Crippen molar-refractivity contribution in [3.05, 3.63) is 58.9 Å². The van der Waals surface area contributed by atoms with E-state index < -0.39 is 0 Å². The minimum Gasteiger partial charge on any atom is -0.299 e. The molecule has 3 rings (SSSR count). The largest absolute Gasteiger partial charge is 0.299 e. The van der Waals surface area contributed by atoms with Crippen LogP contribution in [0.25, 0.3) is 0 Å². The molecule has 116 valence electrons. The molecule has 1 aliphatic rings. The number of nitrogens with zero attached hydrogens (tertiary/aromatic N) is 3. The third kappa shape index (κ3) is 3.69. The van der Waals surface area contributed by atoms with Gasteiger partial charge in [0.25, 0.3) is 0 Å². The Bertz CT molecular complexity index is 639. The number of likely N-dealkylation sites (tertiary alicyclic amines) is 1. The van der Waals surface area contributed by atoms with Gasteiger partial charge in [0.05, 0.1) is 0 Å². The van der Waals surface area contributed by atoms with Crippen LogP contribution in [0.4, 0.5) is 4.39 Å². The maximum atomic E-state index is 13.6. The molecule has 22 heavy (non-hydrogen) atoms. The average Bonchev–Trinajstić information content (AvgIpc) is 2.93. The van der Waals surface area contributed by atoms with Crippen molar-refractivity contribution in [2.45, 2.75) is 33.2 Å². The highest BCUT2D eigenvalue weighted by molar-refractivity contribution is 5.23. The van der Waals surface area contributed by atoms with Gasteiger partial charge >= 0.3 is 0 Å². The highest BCUT2D eigenvalue weighted by atomic mass is 19.1. The van der Waals surface area contributed by atoms with E-state index in [4.69, 9.17) is 0 Å². The van der Waals surface area contributed by atoms with Crippen LogP contribution in [0, 0.1) is 25.6 Å². The van der Waals surface area contributed by atoms with Gasteiger partial charge in [0, 0.05) is 31.0 Å². The molecular weight excluding hydrogens is 277 g/mol. The van der Waals surface area contributed by atoms with Gasteiger partial charge in [-0.05, 0) is 56.3 Å². The Morgan fingerprint density at radius 2 is 1.95 bits per heavy atom. The second kappa shape index (κ2) is 6.53. The van der Waals surface area contributed by atoms with Crippen LogP contribution in [0.2, 0.25) is 0 Å². The molecule has 0 saturated carbocycles. The average molecular weight is 299 g/mol. The first-order chi connectivity index (χ1) is 10.6. The first-order valence-corrected chi connectivity index (χ1v) is 7.85. The number of benzene rings is 1. The van der Waals surface area contributed by atoms with E-state index in [1.807, 2.05) is 25.4 Å². The molecule has 0 aliphatic carbocycles. The molecule has 1 unspecified atom stereocenters. The maximum Gasteiger partial charge on any atom is 0.126 e. The van der Waals surface area contributed by atoms with Gasteiger partial charge in [-0.15, -0.1) is 0 Å². The lowest BCUT2D eigenvalue weighted by atomic mass is 9.98. The van der Waals surface area contributed by atoms with Crippen molar-refractivity contribution >= 4 is 0 Å². The van der Waals surface area contributed by atoms with E-state index in [0.717, 1.165) is 48.6 Å². The van der Waals surface area contributed by atoms with E-state index >= 15 is 0 Å². The monoisotopic (exact) mass is 299 g/mol. The molecule has 0 radical (unpaired) electrons. The Hall–Kier alpha value is -1.81. The molecule has 0 amide bonds. The summed E-state index contributed by atoms with van der Waals surface area (Å²) in [5.41, 5.74) is 2.98. The lowest BCUT2D eigenvalue weighted by Gasteiger charge is -2.16. The Labute approximate surface area is 131 Å². The summed E-state index contributed by atoms with van der Waals surface area (Å²) in [5, 5.41) is 0. The molecule has 1 fully saturated rings. The van der Waals surface area contributed by atoms with E-state index in [1.165, 1.54) is 6.42 Å². The molecule has 2 heterocycles. The summed E-state index contributed by atoms with van der Waals surface area (Å²) in [6.07, 6.45) is 5.94. The van der Waals surface area contributed by atoms with Crippen LogP contribution in [-0.4, -0.2) is 28.0 Å². The summed E-state index contributed by atoms with van der Waals surface area (Å²) in [6.45, 7) is 6.76. The third-order valence-corrected chi connectivity index (χ3v) is 4.37. The fraction of sp³-hybridized carbons (Fsp3) is 0.444. The van der Waals surface area contributed by atoms with Gasteiger partial charge in [0.2, 0.25) is 0 Å². The molecular formula is C18H22FN3. The molecule has 0 spiro atoms. The lowest BCUT2D eigenvalue weighted by Crippen LogP contribution is -2.21. The van der Waals surface area contributed by atoms with Crippen molar-refractivity contribution in [2.75, 3.05) is 13.1 Å². The van der Waals surface area contributed by atoms with Gasteiger partial charge in [0.1, 0.15) is 11.6 Å². The fourth-order valence-corrected chi connectivity index (χ4v) is 3.08. The molecule has 2 aromatic rings. The van der Waals surface area contributed by atoms with E-state index in [2.05, 4.69) is 20.9 Å². The molecule has 1 atom stereocenters. The van der Waals surface area contributed by atoms with Gasteiger partial charge in [-0.1, -0.05) is 12.1 Å². The predicted octanol–water partition coefficient (Wildman–Crippen LogP) is 3.30. The van der Waals surface area contributed by atoms with E-state index in [1.54, 1.807) is 13.0 Å². The smallest absolute Gasteiger partial charge is 0.126 e. The number of aromatic nitrogens is 2. The van der Waals surface area contributed by atoms with Crippen LogP contribution in [0.5, 0.6) is 0 Å². The zero-order valence-corrected chi connectivity index (χ0v) is 13.2. The van der Waals surface area contributed by atoms with Gasteiger partial charge in [-0.2, -0.15) is 0 Å². The normalized spacial score (nSPS) is 18.8. The number of aryl methyl sites for hydroxylation is 2. The molecule has 0 N–H and O–H groups in total. The summed E-state index contributed by atoms with van der Waals surface area (Å²) in [5.74, 6) is 1.32. The number of rotatable bonds is 4. The Morgan fingerprint density at radius 1 is 1.18 bits per heavy atom. The second-order valence-corrected chi connectivity index (χ2v) is 6.32. The first-order valence-electron chi connectivity index (χ1n) is 7.85. The predicted molar refractivity (Wildman–Crippen MR) is 85.0 cm³/mol. The van der Waals surface area contributed by atoms with Gasteiger partial charge in [0.15, 0.2) is 0 Å². The van der Waals surface area contributed by atoms with Crippen LogP contribution in [0.1, 0.15) is 28.9 Å². The summed E-state index contributed by atoms with van der Waals surface area (Å²) < 4.78 is 13.6. The van der Waals surface area contributed by atoms with Crippen molar-refractivity contribution in [3.63, 3.8) is 0 Å². The van der Waals surface area contributed by atoms with E-state index in [0.29, 0.717) is 5.92 Å². The van der Waals surface area contributed by atoms with Crippen LogP contribution >= 0.6 is 0 Å². The van der Waals surface area contributed by atoms with Crippen molar-refractivity contribution < 1.29 is 4.39 Å². The first kappa shape index (κ1) is 15.1. The van der Waals surface area contributed by atoms with Gasteiger partial charge < -0.3 is 0 Å². The lowest BCUT2D eigenvalue weighted by molar-refractivity contribution is 0.315. The molecule has 1 aromatic carbocycles. The van der Waals surface area contributed by atoms with Crippen molar-refractivity contribution in [2.24, 2.45) is 5.92 Å². The number of hydrogen-bond donors (Lipinski definition) is 0. The summed E-state index contributed by atoms with van der Waals surface area (Å²) in [4.78, 5) is 10.9. The molecule has 1 aromatic heterocycles. The van der Waals surface area contributed by atoms with E-state index in [-0.39, 0.29) is 5.82 Å². The minimum atomic E-state index is -0.0934. The topological polar surface area (TPSA) is 29.0 Å². The van der Waals surface area contributed by atoms with Crippen LogP contribution in [0.3, 0.4) is 0 Å². The molecule has 0 bridgehead atoms. The maximum absolute atomic E-state index is 13.6. The Morgan fingerprint density at radius 3 is 2.68 bits per heavy atom. The molecule has 1 aliphatic heterocycles. The minimum absolute atomic E-state index is 0.0934. The molecule has 3 nitrogen and oxygen atoms in total.